The predicted molar refractivity (Wildman–Crippen MR) is 54.7 cm³/mol. The Balaban J connectivity index is 2.28. The highest BCUT2D eigenvalue weighted by atomic mass is 32.2. The van der Waals surface area contributed by atoms with Gasteiger partial charge in [-0.25, -0.2) is 5.14 Å². The van der Waals surface area contributed by atoms with Crippen LogP contribution in [0.4, 0.5) is 0 Å². The molecular formula is C7H18N4O2S. The molecule has 0 aliphatic carbocycles. The smallest absolute Gasteiger partial charge is 0.276 e. The first-order valence-corrected chi connectivity index (χ1v) is 6.23. The topological polar surface area (TPSA) is 101 Å². The molecule has 0 amide bonds. The fourth-order valence-corrected chi connectivity index (χ4v) is 2.38. The Bertz CT molecular complexity index is 267. The second-order valence-electron chi connectivity index (χ2n) is 3.55. The summed E-state index contributed by atoms with van der Waals surface area (Å²) in [7, 11) is -3.49. The van der Waals surface area contributed by atoms with Crippen LogP contribution in [0.25, 0.3) is 0 Å². The summed E-state index contributed by atoms with van der Waals surface area (Å²) in [5, 5.41) is 8.18. The molecule has 0 radical (unpaired) electrons. The molecule has 1 aliphatic rings. The predicted octanol–water partition coefficient (Wildman–Crippen LogP) is -1.94. The Morgan fingerprint density at radius 1 is 1.50 bits per heavy atom. The molecule has 14 heavy (non-hydrogen) atoms. The van der Waals surface area contributed by atoms with Gasteiger partial charge in [0, 0.05) is 26.2 Å². The molecule has 1 rings (SSSR count). The van der Waals surface area contributed by atoms with Gasteiger partial charge < -0.3 is 11.1 Å². The molecule has 0 aromatic rings. The summed E-state index contributed by atoms with van der Waals surface area (Å²) >= 11 is 0. The second-order valence-corrected chi connectivity index (χ2v) is 5.10. The summed E-state index contributed by atoms with van der Waals surface area (Å²) in [6, 6.07) is 0. The van der Waals surface area contributed by atoms with Gasteiger partial charge in [-0.15, -0.1) is 0 Å². The lowest BCUT2D eigenvalue weighted by Gasteiger charge is -2.13. The normalized spacial score (nSPS) is 24.3. The minimum atomic E-state index is -3.49. The highest BCUT2D eigenvalue weighted by molar-refractivity contribution is 7.86. The third kappa shape index (κ3) is 3.50. The molecule has 84 valence electrons. The molecule has 1 saturated heterocycles. The second kappa shape index (κ2) is 5.04. The summed E-state index contributed by atoms with van der Waals surface area (Å²) in [4.78, 5) is 0. The van der Waals surface area contributed by atoms with E-state index < -0.39 is 10.2 Å². The Hall–Kier alpha value is -0.210. The number of hydrogen-bond acceptors (Lipinski definition) is 4. The average Bonchev–Trinajstić information content (AvgIpc) is 2.52. The van der Waals surface area contributed by atoms with Crippen LogP contribution >= 0.6 is 0 Å². The minimum Gasteiger partial charge on any atom is -0.329 e. The summed E-state index contributed by atoms with van der Waals surface area (Å²) in [6.45, 7) is 3.24. The lowest BCUT2D eigenvalue weighted by Crippen LogP contribution is -2.36. The lowest BCUT2D eigenvalue weighted by atomic mass is 10.1. The highest BCUT2D eigenvalue weighted by Crippen LogP contribution is 2.16. The maximum absolute atomic E-state index is 11.0. The van der Waals surface area contributed by atoms with Crippen LogP contribution in [0.15, 0.2) is 0 Å². The van der Waals surface area contributed by atoms with E-state index in [0.717, 1.165) is 19.5 Å². The van der Waals surface area contributed by atoms with Crippen LogP contribution in [0.5, 0.6) is 0 Å². The Kier molecular flexibility index (Phi) is 4.27. The van der Waals surface area contributed by atoms with Gasteiger partial charge in [0.15, 0.2) is 0 Å². The maximum atomic E-state index is 11.0. The minimum absolute atomic E-state index is 0.361. The van der Waals surface area contributed by atoms with Crippen LogP contribution in [0.1, 0.15) is 6.42 Å². The van der Waals surface area contributed by atoms with Gasteiger partial charge in [-0.05, 0) is 18.9 Å². The van der Waals surface area contributed by atoms with Gasteiger partial charge >= 0.3 is 0 Å². The van der Waals surface area contributed by atoms with E-state index in [9.17, 15) is 8.42 Å². The molecule has 1 atom stereocenters. The van der Waals surface area contributed by atoms with E-state index in [1.54, 1.807) is 0 Å². The number of hydrogen-bond donors (Lipinski definition) is 3. The fraction of sp³-hybridized carbons (Fsp3) is 1.00. The van der Waals surface area contributed by atoms with Crippen molar-refractivity contribution in [1.82, 2.24) is 9.62 Å². The zero-order valence-electron chi connectivity index (χ0n) is 8.15. The number of nitrogens with one attached hydrogen (secondary N) is 1. The van der Waals surface area contributed by atoms with Crippen molar-refractivity contribution in [2.45, 2.75) is 6.42 Å². The van der Waals surface area contributed by atoms with Gasteiger partial charge in [-0.1, -0.05) is 0 Å². The first-order chi connectivity index (χ1) is 6.54. The van der Waals surface area contributed by atoms with Crippen molar-refractivity contribution >= 4 is 10.2 Å². The van der Waals surface area contributed by atoms with Crippen molar-refractivity contribution in [1.29, 1.82) is 0 Å². The van der Waals surface area contributed by atoms with E-state index in [2.05, 4.69) is 5.32 Å². The van der Waals surface area contributed by atoms with Crippen LogP contribution in [-0.2, 0) is 10.2 Å². The first kappa shape index (κ1) is 11.9. The third-order valence-electron chi connectivity index (χ3n) is 2.36. The van der Waals surface area contributed by atoms with Crippen LogP contribution < -0.4 is 16.2 Å². The zero-order valence-corrected chi connectivity index (χ0v) is 8.96. The monoisotopic (exact) mass is 222 g/mol. The SMILES string of the molecule is NCCNCC1CCN(S(N)(=O)=O)C1. The first-order valence-electron chi connectivity index (χ1n) is 4.72. The van der Waals surface area contributed by atoms with E-state index in [1.807, 2.05) is 0 Å². The standard InChI is InChI=1S/C7H18N4O2S/c8-2-3-10-5-7-1-4-11(6-7)14(9,12)13/h7,10H,1-6,8H2,(H2,9,12,13). The molecule has 1 heterocycles. The third-order valence-corrected chi connectivity index (χ3v) is 3.41. The largest absolute Gasteiger partial charge is 0.329 e. The van der Waals surface area contributed by atoms with E-state index in [1.165, 1.54) is 4.31 Å². The van der Waals surface area contributed by atoms with Gasteiger partial charge in [-0.2, -0.15) is 12.7 Å². The molecule has 1 fully saturated rings. The van der Waals surface area contributed by atoms with Gasteiger partial charge in [0.2, 0.25) is 0 Å². The summed E-state index contributed by atoms with van der Waals surface area (Å²) in [5.41, 5.74) is 5.32. The molecule has 1 aliphatic heterocycles. The molecule has 0 saturated carbocycles. The van der Waals surface area contributed by atoms with Crippen molar-refractivity contribution in [3.63, 3.8) is 0 Å². The van der Waals surface area contributed by atoms with Crippen molar-refractivity contribution in [2.75, 3.05) is 32.7 Å². The molecule has 0 bridgehead atoms. The van der Waals surface area contributed by atoms with Crippen LogP contribution in [0.2, 0.25) is 0 Å². The van der Waals surface area contributed by atoms with Crippen LogP contribution in [0, 0.1) is 5.92 Å². The summed E-state index contributed by atoms with van der Waals surface area (Å²) in [6.07, 6.45) is 0.869. The van der Waals surface area contributed by atoms with Crippen LogP contribution in [0.3, 0.4) is 0 Å². The molecule has 7 heteroatoms. The molecule has 0 aromatic carbocycles. The molecule has 0 aromatic heterocycles. The van der Waals surface area contributed by atoms with Crippen LogP contribution in [-0.4, -0.2) is 45.4 Å². The van der Waals surface area contributed by atoms with Gasteiger partial charge in [0.1, 0.15) is 0 Å². The number of nitrogens with zero attached hydrogens (tertiary/aromatic N) is 1. The Labute approximate surface area is 84.8 Å². The van der Waals surface area contributed by atoms with Gasteiger partial charge in [0.05, 0.1) is 0 Å². The fourth-order valence-electron chi connectivity index (χ4n) is 1.60. The zero-order chi connectivity index (χ0) is 10.6. The van der Waals surface area contributed by atoms with Crippen molar-refractivity contribution in [3.05, 3.63) is 0 Å². The number of nitrogens with two attached hydrogens (primary N) is 2. The van der Waals surface area contributed by atoms with E-state index in [-0.39, 0.29) is 0 Å². The molecule has 5 N–H and O–H groups in total. The van der Waals surface area contributed by atoms with Gasteiger partial charge in [-0.3, -0.25) is 0 Å². The molecular weight excluding hydrogens is 204 g/mol. The molecule has 6 nitrogen and oxygen atoms in total. The summed E-state index contributed by atoms with van der Waals surface area (Å²) < 4.78 is 23.3. The average molecular weight is 222 g/mol. The lowest BCUT2D eigenvalue weighted by molar-refractivity contribution is 0.447. The van der Waals surface area contributed by atoms with E-state index in [4.69, 9.17) is 10.9 Å². The Morgan fingerprint density at radius 3 is 2.71 bits per heavy atom. The number of rotatable bonds is 5. The van der Waals surface area contributed by atoms with Crippen molar-refractivity contribution in [2.24, 2.45) is 16.8 Å². The van der Waals surface area contributed by atoms with E-state index >= 15 is 0 Å². The van der Waals surface area contributed by atoms with Gasteiger partial charge in [0.25, 0.3) is 10.2 Å². The highest BCUT2D eigenvalue weighted by Gasteiger charge is 2.28. The van der Waals surface area contributed by atoms with E-state index in [0.29, 0.717) is 25.6 Å². The van der Waals surface area contributed by atoms with Crippen molar-refractivity contribution < 1.29 is 8.42 Å². The maximum Gasteiger partial charge on any atom is 0.276 e. The Morgan fingerprint density at radius 2 is 2.21 bits per heavy atom. The molecule has 0 spiro atoms. The van der Waals surface area contributed by atoms with Crippen molar-refractivity contribution in [3.8, 4) is 0 Å². The summed E-state index contributed by atoms with van der Waals surface area (Å²) in [5.74, 6) is 0.361. The quantitative estimate of drug-likeness (QED) is 0.471. The molecule has 1 unspecified atom stereocenters.